The number of rotatable bonds is 3. The minimum atomic E-state index is -0.385. The predicted octanol–water partition coefficient (Wildman–Crippen LogP) is 3.53. The monoisotopic (exact) mass is 256 g/mol. The fourth-order valence-corrected chi connectivity index (χ4v) is 1.91. The van der Waals surface area contributed by atoms with E-state index in [1.54, 1.807) is 31.4 Å². The summed E-state index contributed by atoms with van der Waals surface area (Å²) in [6, 6.07) is 12.6. The third-order valence-electron chi connectivity index (χ3n) is 2.71. The molecule has 0 aliphatic carbocycles. The van der Waals surface area contributed by atoms with Gasteiger partial charge in [0.2, 0.25) is 0 Å². The summed E-state index contributed by atoms with van der Waals surface area (Å²) in [5.41, 5.74) is 2.60. The lowest BCUT2D eigenvalue weighted by Gasteiger charge is -2.07. The Kier molecular flexibility index (Phi) is 3.85. The second-order valence-electron chi connectivity index (χ2n) is 4.44. The maximum atomic E-state index is 12.0. The maximum absolute atomic E-state index is 12.0. The minimum Gasteiger partial charge on any atom is -0.497 e. The summed E-state index contributed by atoms with van der Waals surface area (Å²) in [6.07, 6.45) is 0. The molecule has 0 spiro atoms. The highest BCUT2D eigenvalue weighted by atomic mass is 16.5. The molecule has 2 rings (SSSR count). The molecule has 0 amide bonds. The zero-order valence-corrected chi connectivity index (χ0v) is 11.3. The van der Waals surface area contributed by atoms with Crippen molar-refractivity contribution >= 4 is 5.97 Å². The highest BCUT2D eigenvalue weighted by Crippen LogP contribution is 2.19. The Labute approximate surface area is 112 Å². The summed E-state index contributed by atoms with van der Waals surface area (Å²) < 4.78 is 10.5. The van der Waals surface area contributed by atoms with Gasteiger partial charge in [0.1, 0.15) is 11.5 Å². The quantitative estimate of drug-likeness (QED) is 0.622. The van der Waals surface area contributed by atoms with E-state index in [0.717, 1.165) is 11.1 Å². The van der Waals surface area contributed by atoms with Crippen molar-refractivity contribution in [3.8, 4) is 11.5 Å². The van der Waals surface area contributed by atoms with Gasteiger partial charge in [-0.2, -0.15) is 0 Å². The molecule has 0 aliphatic rings. The van der Waals surface area contributed by atoms with Gasteiger partial charge in [-0.05, 0) is 55.3 Å². The van der Waals surface area contributed by atoms with Crippen LogP contribution in [0.4, 0.5) is 0 Å². The van der Waals surface area contributed by atoms with Gasteiger partial charge in [0.25, 0.3) is 0 Å². The molecule has 0 aliphatic heterocycles. The van der Waals surface area contributed by atoms with Gasteiger partial charge in [0, 0.05) is 0 Å². The number of hydrogen-bond acceptors (Lipinski definition) is 3. The first-order chi connectivity index (χ1) is 9.08. The van der Waals surface area contributed by atoms with Crippen LogP contribution in [0, 0.1) is 13.8 Å². The Bertz CT molecular complexity index is 582. The Hall–Kier alpha value is -2.29. The Morgan fingerprint density at radius 3 is 2.26 bits per heavy atom. The van der Waals surface area contributed by atoms with E-state index in [0.29, 0.717) is 17.1 Å². The largest absolute Gasteiger partial charge is 0.497 e. The van der Waals surface area contributed by atoms with Crippen molar-refractivity contribution < 1.29 is 14.3 Å². The minimum absolute atomic E-state index is 0.385. The third kappa shape index (κ3) is 3.35. The van der Waals surface area contributed by atoms with Crippen LogP contribution in [0.3, 0.4) is 0 Å². The van der Waals surface area contributed by atoms with E-state index in [9.17, 15) is 4.79 Å². The van der Waals surface area contributed by atoms with Crippen molar-refractivity contribution in [2.75, 3.05) is 7.11 Å². The van der Waals surface area contributed by atoms with Gasteiger partial charge in [-0.1, -0.05) is 12.1 Å². The van der Waals surface area contributed by atoms with E-state index in [1.165, 1.54) is 0 Å². The summed E-state index contributed by atoms with van der Waals surface area (Å²) >= 11 is 0. The molecule has 2 aromatic rings. The number of carbonyl (C=O) groups excluding carboxylic acids is 1. The number of hydrogen-bond donors (Lipinski definition) is 0. The first kappa shape index (κ1) is 13.1. The number of aryl methyl sites for hydroxylation is 2. The standard InChI is InChI=1S/C16H16O3/c1-11-7-12(2)9-15(8-11)19-16(17)13-5-4-6-14(10-13)18-3/h4-10H,1-3H3. The lowest BCUT2D eigenvalue weighted by molar-refractivity contribution is 0.0734. The lowest BCUT2D eigenvalue weighted by atomic mass is 10.1. The number of methoxy groups -OCH3 is 1. The van der Waals surface area contributed by atoms with E-state index in [-0.39, 0.29) is 5.97 Å². The van der Waals surface area contributed by atoms with Crippen LogP contribution in [0.2, 0.25) is 0 Å². The van der Waals surface area contributed by atoms with Crippen molar-refractivity contribution in [3.05, 3.63) is 59.2 Å². The number of ether oxygens (including phenoxy) is 2. The summed E-state index contributed by atoms with van der Waals surface area (Å²) in [4.78, 5) is 12.0. The number of carbonyl (C=O) groups is 1. The summed E-state index contributed by atoms with van der Waals surface area (Å²) in [7, 11) is 1.56. The summed E-state index contributed by atoms with van der Waals surface area (Å²) in [5.74, 6) is 0.809. The molecule has 0 fully saturated rings. The maximum Gasteiger partial charge on any atom is 0.343 e. The SMILES string of the molecule is COc1cccc(C(=O)Oc2cc(C)cc(C)c2)c1. The van der Waals surface area contributed by atoms with Gasteiger partial charge in [-0.3, -0.25) is 0 Å². The average Bonchev–Trinajstić information content (AvgIpc) is 2.37. The topological polar surface area (TPSA) is 35.5 Å². The predicted molar refractivity (Wildman–Crippen MR) is 73.9 cm³/mol. The number of benzene rings is 2. The van der Waals surface area contributed by atoms with Gasteiger partial charge in [0.05, 0.1) is 12.7 Å². The van der Waals surface area contributed by atoms with Crippen molar-refractivity contribution in [1.82, 2.24) is 0 Å². The van der Waals surface area contributed by atoms with Gasteiger partial charge in [-0.15, -0.1) is 0 Å². The van der Waals surface area contributed by atoms with E-state index in [4.69, 9.17) is 9.47 Å². The molecule has 3 heteroatoms. The van der Waals surface area contributed by atoms with Gasteiger partial charge in [0.15, 0.2) is 0 Å². The number of esters is 1. The van der Waals surface area contributed by atoms with E-state index < -0.39 is 0 Å². The van der Waals surface area contributed by atoms with E-state index in [2.05, 4.69) is 0 Å². The lowest BCUT2D eigenvalue weighted by Crippen LogP contribution is -2.08. The molecule has 0 unspecified atom stereocenters. The van der Waals surface area contributed by atoms with Crippen LogP contribution >= 0.6 is 0 Å². The fraction of sp³-hybridized carbons (Fsp3) is 0.188. The zero-order chi connectivity index (χ0) is 13.8. The van der Waals surface area contributed by atoms with Crippen LogP contribution in [0.5, 0.6) is 11.5 Å². The Balaban J connectivity index is 2.20. The van der Waals surface area contributed by atoms with Crippen LogP contribution in [0.15, 0.2) is 42.5 Å². The summed E-state index contributed by atoms with van der Waals surface area (Å²) in [5, 5.41) is 0. The third-order valence-corrected chi connectivity index (χ3v) is 2.71. The van der Waals surface area contributed by atoms with Gasteiger partial charge < -0.3 is 9.47 Å². The van der Waals surface area contributed by atoms with Crippen molar-refractivity contribution in [2.45, 2.75) is 13.8 Å². The van der Waals surface area contributed by atoms with Crippen molar-refractivity contribution in [3.63, 3.8) is 0 Å². The molecule has 0 saturated carbocycles. The fourth-order valence-electron chi connectivity index (χ4n) is 1.91. The van der Waals surface area contributed by atoms with Gasteiger partial charge >= 0.3 is 5.97 Å². The highest BCUT2D eigenvalue weighted by molar-refractivity contribution is 5.91. The smallest absolute Gasteiger partial charge is 0.343 e. The van der Waals surface area contributed by atoms with E-state index in [1.807, 2.05) is 32.0 Å². The van der Waals surface area contributed by atoms with Crippen LogP contribution in [-0.4, -0.2) is 13.1 Å². The molecule has 3 nitrogen and oxygen atoms in total. The molecule has 0 N–H and O–H groups in total. The Morgan fingerprint density at radius 1 is 0.947 bits per heavy atom. The summed E-state index contributed by atoms with van der Waals surface area (Å²) in [6.45, 7) is 3.94. The molecule has 0 saturated heterocycles. The van der Waals surface area contributed by atoms with Crippen LogP contribution in [-0.2, 0) is 0 Å². The zero-order valence-electron chi connectivity index (χ0n) is 11.3. The molecule has 0 atom stereocenters. The normalized spacial score (nSPS) is 10.1. The molecule has 19 heavy (non-hydrogen) atoms. The van der Waals surface area contributed by atoms with E-state index >= 15 is 0 Å². The Morgan fingerprint density at radius 2 is 1.63 bits per heavy atom. The van der Waals surface area contributed by atoms with Crippen LogP contribution in [0.1, 0.15) is 21.5 Å². The van der Waals surface area contributed by atoms with Gasteiger partial charge in [-0.25, -0.2) is 4.79 Å². The first-order valence-corrected chi connectivity index (χ1v) is 6.03. The average molecular weight is 256 g/mol. The highest BCUT2D eigenvalue weighted by Gasteiger charge is 2.10. The first-order valence-electron chi connectivity index (χ1n) is 6.03. The second kappa shape index (κ2) is 5.57. The van der Waals surface area contributed by atoms with Crippen LogP contribution < -0.4 is 9.47 Å². The second-order valence-corrected chi connectivity index (χ2v) is 4.44. The molecule has 98 valence electrons. The molecule has 0 aromatic heterocycles. The molecular weight excluding hydrogens is 240 g/mol. The molecule has 2 aromatic carbocycles. The van der Waals surface area contributed by atoms with Crippen molar-refractivity contribution in [2.24, 2.45) is 0 Å². The van der Waals surface area contributed by atoms with Crippen LogP contribution in [0.25, 0.3) is 0 Å². The van der Waals surface area contributed by atoms with Crippen molar-refractivity contribution in [1.29, 1.82) is 0 Å². The molecule has 0 bridgehead atoms. The molecular formula is C16H16O3. The molecule has 0 heterocycles. The molecule has 0 radical (unpaired) electrons.